The van der Waals surface area contributed by atoms with Crippen LogP contribution in [0.4, 0.5) is 0 Å². The summed E-state index contributed by atoms with van der Waals surface area (Å²) in [5.74, 6) is 2.90. The number of amides is 2. The molecule has 0 aliphatic rings. The van der Waals surface area contributed by atoms with Crippen molar-refractivity contribution in [2.75, 3.05) is 18.2 Å². The van der Waals surface area contributed by atoms with Crippen molar-refractivity contribution in [2.24, 2.45) is 5.92 Å². The summed E-state index contributed by atoms with van der Waals surface area (Å²) < 4.78 is 0. The van der Waals surface area contributed by atoms with Gasteiger partial charge in [-0.2, -0.15) is 11.8 Å². The molecule has 0 spiro atoms. The molecule has 0 rings (SSSR count). The van der Waals surface area contributed by atoms with Crippen molar-refractivity contribution in [1.29, 1.82) is 0 Å². The maximum Gasteiger partial charge on any atom is 0.218 e. The van der Waals surface area contributed by atoms with E-state index in [1.165, 1.54) is 19.6 Å². The van der Waals surface area contributed by atoms with Crippen molar-refractivity contribution in [3.8, 4) is 0 Å². The zero-order valence-corrected chi connectivity index (χ0v) is 13.5. The Morgan fingerprint density at radius 1 is 1.11 bits per heavy atom. The first-order valence-corrected chi connectivity index (χ1v) is 7.68. The zero-order valence-electron chi connectivity index (χ0n) is 12.7. The van der Waals surface area contributed by atoms with E-state index < -0.39 is 0 Å². The van der Waals surface area contributed by atoms with Gasteiger partial charge in [-0.1, -0.05) is 27.2 Å². The van der Waals surface area contributed by atoms with Gasteiger partial charge in [-0.05, 0) is 17.4 Å². The molecule has 0 heterocycles. The number of carbonyl (C=O) groups is 2. The van der Waals surface area contributed by atoms with Crippen LogP contribution in [0.1, 0.15) is 41.0 Å². The molecule has 114 valence electrons. The van der Waals surface area contributed by atoms with E-state index in [-0.39, 0.29) is 24.5 Å². The highest BCUT2D eigenvalue weighted by molar-refractivity contribution is 7.99. The first-order chi connectivity index (χ1) is 8.75. The normalized spacial score (nSPS) is 11.3. The molecule has 5 nitrogen and oxygen atoms in total. The van der Waals surface area contributed by atoms with Crippen molar-refractivity contribution >= 4 is 23.6 Å². The van der Waals surface area contributed by atoms with Gasteiger partial charge < -0.3 is 16.4 Å². The quantitative estimate of drug-likeness (QED) is 0.558. The third-order valence-corrected chi connectivity index (χ3v) is 3.25. The summed E-state index contributed by atoms with van der Waals surface area (Å²) in [6.07, 6.45) is 1.04. The fourth-order valence-electron chi connectivity index (χ4n) is 0.872. The fourth-order valence-corrected chi connectivity index (χ4v) is 2.03. The van der Waals surface area contributed by atoms with Crippen LogP contribution in [0.2, 0.25) is 0 Å². The van der Waals surface area contributed by atoms with Crippen molar-refractivity contribution in [3.05, 3.63) is 5.73 Å². The maximum absolute atomic E-state index is 10.2. The molecule has 0 fully saturated rings. The summed E-state index contributed by atoms with van der Waals surface area (Å²) in [5, 5.41) is 4.81. The lowest BCUT2D eigenvalue weighted by molar-refractivity contribution is -0.120. The Bertz CT molecular complexity index is 222. The van der Waals surface area contributed by atoms with Crippen molar-refractivity contribution in [3.63, 3.8) is 0 Å². The average Bonchev–Trinajstić information content (AvgIpc) is 2.23. The summed E-state index contributed by atoms with van der Waals surface area (Å²) in [5.41, 5.74) is 7.25. The highest BCUT2D eigenvalue weighted by Crippen LogP contribution is 2.10. The SMILES string of the molecule is CC(=O)NCNC(C)=O.CC(C)CSCCC(C)[NH-]. The smallest absolute Gasteiger partial charge is 0.218 e. The van der Waals surface area contributed by atoms with Crippen LogP contribution in [-0.4, -0.2) is 36.0 Å². The predicted molar refractivity (Wildman–Crippen MR) is 83.1 cm³/mol. The van der Waals surface area contributed by atoms with E-state index in [9.17, 15) is 9.59 Å². The van der Waals surface area contributed by atoms with Crippen LogP contribution in [0, 0.1) is 5.92 Å². The van der Waals surface area contributed by atoms with Crippen LogP contribution < -0.4 is 10.6 Å². The molecule has 0 radical (unpaired) electrons. The molecule has 0 bridgehead atoms. The molecular formula is C13H28N3O2S-. The first kappa shape index (κ1) is 20.6. The van der Waals surface area contributed by atoms with Gasteiger partial charge in [0.25, 0.3) is 0 Å². The standard InChI is InChI=1S/C8H18NS.C5H10N2O2/c1-7(2)6-10-5-4-8(3)9;1-4(8)6-3-7-5(2)9/h7-9H,4-6H2,1-3H3;3H2,1-2H3,(H,6,8)(H,7,9)/q-1;. The molecule has 0 aliphatic carbocycles. The number of hydrogen-bond acceptors (Lipinski definition) is 3. The largest absolute Gasteiger partial charge is 0.675 e. The van der Waals surface area contributed by atoms with E-state index in [4.69, 9.17) is 5.73 Å². The van der Waals surface area contributed by atoms with E-state index in [0.717, 1.165) is 18.1 Å². The van der Waals surface area contributed by atoms with Gasteiger partial charge in [-0.15, -0.1) is 6.04 Å². The summed E-state index contributed by atoms with van der Waals surface area (Å²) in [6, 6.07) is 0.125. The minimum absolute atomic E-state index is 0.125. The highest BCUT2D eigenvalue weighted by atomic mass is 32.2. The third-order valence-electron chi connectivity index (χ3n) is 1.82. The highest BCUT2D eigenvalue weighted by Gasteiger charge is 1.93. The predicted octanol–water partition coefficient (Wildman–Crippen LogP) is 2.42. The lowest BCUT2D eigenvalue weighted by Gasteiger charge is -2.12. The second-order valence-corrected chi connectivity index (χ2v) is 5.95. The van der Waals surface area contributed by atoms with Gasteiger partial charge in [0.15, 0.2) is 0 Å². The third kappa shape index (κ3) is 26.7. The summed E-state index contributed by atoms with van der Waals surface area (Å²) in [7, 11) is 0. The van der Waals surface area contributed by atoms with E-state index >= 15 is 0 Å². The molecule has 2 amide bonds. The van der Waals surface area contributed by atoms with E-state index in [1.807, 2.05) is 18.7 Å². The van der Waals surface area contributed by atoms with Gasteiger partial charge >= 0.3 is 0 Å². The minimum Gasteiger partial charge on any atom is -0.675 e. The summed E-state index contributed by atoms with van der Waals surface area (Å²) in [4.78, 5) is 20.3. The second kappa shape index (κ2) is 13.7. The Balaban J connectivity index is 0. The molecule has 0 aromatic heterocycles. The molecule has 1 atom stereocenters. The lowest BCUT2D eigenvalue weighted by Crippen LogP contribution is -2.34. The Kier molecular flexibility index (Phi) is 14.8. The minimum atomic E-state index is -0.149. The average molecular weight is 290 g/mol. The van der Waals surface area contributed by atoms with Crippen LogP contribution in [0.15, 0.2) is 0 Å². The van der Waals surface area contributed by atoms with Gasteiger partial charge in [0.05, 0.1) is 6.67 Å². The molecular weight excluding hydrogens is 262 g/mol. The van der Waals surface area contributed by atoms with Crippen molar-refractivity contribution in [2.45, 2.75) is 47.1 Å². The Morgan fingerprint density at radius 3 is 1.89 bits per heavy atom. The van der Waals surface area contributed by atoms with Crippen LogP contribution >= 0.6 is 11.8 Å². The van der Waals surface area contributed by atoms with E-state index in [0.29, 0.717) is 0 Å². The Labute approximate surface area is 121 Å². The van der Waals surface area contributed by atoms with Crippen LogP contribution in [0.3, 0.4) is 0 Å². The topological polar surface area (TPSA) is 82.0 Å². The summed E-state index contributed by atoms with van der Waals surface area (Å²) in [6.45, 7) is 9.42. The molecule has 19 heavy (non-hydrogen) atoms. The van der Waals surface area contributed by atoms with E-state index in [1.54, 1.807) is 0 Å². The van der Waals surface area contributed by atoms with Crippen molar-refractivity contribution in [1.82, 2.24) is 10.6 Å². The van der Waals surface area contributed by atoms with E-state index in [2.05, 4.69) is 24.5 Å². The molecule has 0 aliphatic heterocycles. The van der Waals surface area contributed by atoms with Crippen LogP contribution in [0.25, 0.3) is 5.73 Å². The van der Waals surface area contributed by atoms with Crippen molar-refractivity contribution < 1.29 is 9.59 Å². The summed E-state index contributed by atoms with van der Waals surface area (Å²) >= 11 is 1.97. The van der Waals surface area contributed by atoms with Gasteiger partial charge in [0.1, 0.15) is 0 Å². The van der Waals surface area contributed by atoms with Gasteiger partial charge in [0, 0.05) is 13.8 Å². The molecule has 6 heteroatoms. The zero-order chi connectivity index (χ0) is 15.3. The molecule has 1 unspecified atom stereocenters. The fraction of sp³-hybridized carbons (Fsp3) is 0.846. The monoisotopic (exact) mass is 290 g/mol. The molecule has 0 saturated heterocycles. The second-order valence-electron chi connectivity index (χ2n) is 4.80. The van der Waals surface area contributed by atoms with Gasteiger partial charge in [-0.3, -0.25) is 9.59 Å². The Hall–Kier alpha value is -0.750. The van der Waals surface area contributed by atoms with Gasteiger partial charge in [0.2, 0.25) is 11.8 Å². The number of hydrogen-bond donors (Lipinski definition) is 2. The Morgan fingerprint density at radius 2 is 1.58 bits per heavy atom. The molecule has 0 saturated carbocycles. The first-order valence-electron chi connectivity index (χ1n) is 6.53. The number of nitrogens with one attached hydrogen (secondary N) is 3. The van der Waals surface area contributed by atoms with Crippen LogP contribution in [0.5, 0.6) is 0 Å². The lowest BCUT2D eigenvalue weighted by atomic mass is 10.3. The maximum atomic E-state index is 10.2. The van der Waals surface area contributed by atoms with Crippen LogP contribution in [-0.2, 0) is 9.59 Å². The molecule has 3 N–H and O–H groups in total. The molecule has 0 aromatic rings. The molecule has 0 aromatic carbocycles. The number of thioether (sulfide) groups is 1. The number of carbonyl (C=O) groups excluding carboxylic acids is 2. The van der Waals surface area contributed by atoms with Gasteiger partial charge in [-0.25, -0.2) is 0 Å². The number of rotatable bonds is 7.